The average Bonchev–Trinajstić information content (AvgIpc) is 2.46. The first kappa shape index (κ1) is 11.5. The minimum Gasteiger partial charge on any atom is -0.385 e. The van der Waals surface area contributed by atoms with Crippen LogP contribution in [0.25, 0.3) is 10.9 Å². The summed E-state index contributed by atoms with van der Waals surface area (Å²) < 4.78 is 5.49. The zero-order chi connectivity index (χ0) is 12.2. The molecule has 0 amide bonds. The van der Waals surface area contributed by atoms with Gasteiger partial charge in [-0.05, 0) is 43.0 Å². The van der Waals surface area contributed by atoms with E-state index < -0.39 is 0 Å². The van der Waals surface area contributed by atoms with Crippen molar-refractivity contribution in [2.45, 2.75) is 12.8 Å². The molecule has 1 atom stereocenters. The van der Waals surface area contributed by atoms with Gasteiger partial charge in [-0.2, -0.15) is 0 Å². The van der Waals surface area contributed by atoms with E-state index in [2.05, 4.69) is 34.6 Å². The first-order chi connectivity index (χ1) is 8.92. The predicted octanol–water partition coefficient (Wildman–Crippen LogP) is 3.07. The summed E-state index contributed by atoms with van der Waals surface area (Å²) in [6.07, 6.45) is 4.28. The third-order valence-corrected chi connectivity index (χ3v) is 3.45. The maximum absolute atomic E-state index is 5.49. The number of nitrogens with zero attached hydrogens (tertiary/aromatic N) is 1. The van der Waals surface area contributed by atoms with Crippen LogP contribution in [0.1, 0.15) is 12.8 Å². The number of nitrogens with one attached hydrogen (secondary N) is 1. The van der Waals surface area contributed by atoms with Crippen LogP contribution in [-0.2, 0) is 4.74 Å². The average molecular weight is 242 g/mol. The third kappa shape index (κ3) is 2.62. The van der Waals surface area contributed by atoms with Crippen molar-refractivity contribution in [2.75, 3.05) is 25.1 Å². The predicted molar refractivity (Wildman–Crippen MR) is 73.8 cm³/mol. The van der Waals surface area contributed by atoms with E-state index in [-0.39, 0.29) is 0 Å². The van der Waals surface area contributed by atoms with E-state index in [4.69, 9.17) is 4.74 Å². The van der Waals surface area contributed by atoms with E-state index in [0.29, 0.717) is 5.92 Å². The van der Waals surface area contributed by atoms with Crippen LogP contribution in [0.5, 0.6) is 0 Å². The number of pyridine rings is 1. The van der Waals surface area contributed by atoms with E-state index in [1.54, 1.807) is 0 Å². The lowest BCUT2D eigenvalue weighted by Gasteiger charge is -2.22. The van der Waals surface area contributed by atoms with Gasteiger partial charge in [-0.25, -0.2) is 0 Å². The Morgan fingerprint density at radius 3 is 3.22 bits per heavy atom. The van der Waals surface area contributed by atoms with Crippen LogP contribution in [0.4, 0.5) is 5.69 Å². The molecule has 0 spiro atoms. The van der Waals surface area contributed by atoms with Crippen LogP contribution in [0.2, 0.25) is 0 Å². The standard InChI is InChI=1S/C15H18N2O/c1-4-13-9-14(5-6-15(13)16-7-1)17-10-12-3-2-8-18-11-12/h1,4-7,9,12,17H,2-3,8,10-11H2. The fraction of sp³-hybridized carbons (Fsp3) is 0.400. The normalized spacial score (nSPS) is 19.9. The van der Waals surface area contributed by atoms with Gasteiger partial charge in [-0.3, -0.25) is 4.98 Å². The number of ether oxygens (including phenoxy) is 1. The minimum absolute atomic E-state index is 0.642. The molecule has 1 aliphatic heterocycles. The molecule has 2 heterocycles. The van der Waals surface area contributed by atoms with Gasteiger partial charge >= 0.3 is 0 Å². The quantitative estimate of drug-likeness (QED) is 0.898. The molecule has 0 aliphatic carbocycles. The highest BCUT2D eigenvalue weighted by atomic mass is 16.5. The SMILES string of the molecule is c1cnc2ccc(NCC3CCCOC3)cc2c1. The van der Waals surface area contributed by atoms with Crippen molar-refractivity contribution in [1.29, 1.82) is 0 Å². The summed E-state index contributed by atoms with van der Waals surface area (Å²) in [5.74, 6) is 0.642. The Morgan fingerprint density at radius 2 is 2.33 bits per heavy atom. The Balaban J connectivity index is 1.66. The molecule has 1 aromatic carbocycles. The number of anilines is 1. The maximum atomic E-state index is 5.49. The zero-order valence-corrected chi connectivity index (χ0v) is 10.4. The molecule has 1 aliphatic rings. The molecule has 1 saturated heterocycles. The molecular formula is C15H18N2O. The van der Waals surface area contributed by atoms with Gasteiger partial charge in [0.2, 0.25) is 0 Å². The second kappa shape index (κ2) is 5.36. The smallest absolute Gasteiger partial charge is 0.0703 e. The Bertz CT molecular complexity index is 521. The lowest BCUT2D eigenvalue weighted by atomic mass is 10.0. The topological polar surface area (TPSA) is 34.2 Å². The van der Waals surface area contributed by atoms with Crippen LogP contribution in [0.15, 0.2) is 36.5 Å². The molecule has 0 bridgehead atoms. The molecule has 1 N–H and O–H groups in total. The van der Waals surface area contributed by atoms with Gasteiger partial charge in [-0.1, -0.05) is 6.07 Å². The number of benzene rings is 1. The van der Waals surface area contributed by atoms with Crippen molar-refractivity contribution < 1.29 is 4.74 Å². The zero-order valence-electron chi connectivity index (χ0n) is 10.4. The summed E-state index contributed by atoms with van der Waals surface area (Å²) in [6, 6.07) is 10.4. The molecule has 18 heavy (non-hydrogen) atoms. The maximum Gasteiger partial charge on any atom is 0.0703 e. The summed E-state index contributed by atoms with van der Waals surface area (Å²) in [5, 5.41) is 4.68. The van der Waals surface area contributed by atoms with Crippen LogP contribution in [0, 0.1) is 5.92 Å². The van der Waals surface area contributed by atoms with E-state index in [9.17, 15) is 0 Å². The lowest BCUT2D eigenvalue weighted by molar-refractivity contribution is 0.0595. The van der Waals surface area contributed by atoms with Crippen molar-refractivity contribution in [2.24, 2.45) is 5.92 Å². The summed E-state index contributed by atoms with van der Waals surface area (Å²) in [6.45, 7) is 2.81. The molecule has 3 heteroatoms. The van der Waals surface area contributed by atoms with Crippen LogP contribution < -0.4 is 5.32 Å². The lowest BCUT2D eigenvalue weighted by Crippen LogP contribution is -2.24. The van der Waals surface area contributed by atoms with Gasteiger partial charge in [0, 0.05) is 30.4 Å². The van der Waals surface area contributed by atoms with Crippen LogP contribution in [-0.4, -0.2) is 24.7 Å². The Hall–Kier alpha value is -1.61. The van der Waals surface area contributed by atoms with E-state index in [1.165, 1.54) is 23.9 Å². The number of aromatic nitrogens is 1. The molecule has 2 aromatic rings. The minimum atomic E-state index is 0.642. The highest BCUT2D eigenvalue weighted by molar-refractivity contribution is 5.82. The van der Waals surface area contributed by atoms with Crippen molar-refractivity contribution >= 4 is 16.6 Å². The first-order valence-electron chi connectivity index (χ1n) is 6.58. The molecule has 94 valence electrons. The van der Waals surface area contributed by atoms with Crippen molar-refractivity contribution in [3.63, 3.8) is 0 Å². The van der Waals surface area contributed by atoms with Gasteiger partial charge in [0.1, 0.15) is 0 Å². The number of hydrogen-bond acceptors (Lipinski definition) is 3. The number of hydrogen-bond donors (Lipinski definition) is 1. The second-order valence-corrected chi connectivity index (χ2v) is 4.87. The number of fused-ring (bicyclic) bond motifs is 1. The molecule has 1 aromatic heterocycles. The first-order valence-corrected chi connectivity index (χ1v) is 6.58. The molecule has 3 rings (SSSR count). The molecule has 0 radical (unpaired) electrons. The van der Waals surface area contributed by atoms with Crippen LogP contribution in [0.3, 0.4) is 0 Å². The largest absolute Gasteiger partial charge is 0.385 e. The van der Waals surface area contributed by atoms with E-state index in [1.807, 2.05) is 12.3 Å². The van der Waals surface area contributed by atoms with Gasteiger partial charge in [0.15, 0.2) is 0 Å². The molecule has 0 saturated carbocycles. The highest BCUT2D eigenvalue weighted by Crippen LogP contribution is 2.19. The Morgan fingerprint density at radius 1 is 1.33 bits per heavy atom. The van der Waals surface area contributed by atoms with Gasteiger partial charge in [0.05, 0.1) is 12.1 Å². The fourth-order valence-corrected chi connectivity index (χ4v) is 2.42. The summed E-state index contributed by atoms with van der Waals surface area (Å²) in [7, 11) is 0. The second-order valence-electron chi connectivity index (χ2n) is 4.87. The summed E-state index contributed by atoms with van der Waals surface area (Å²) in [5.41, 5.74) is 2.21. The fourth-order valence-electron chi connectivity index (χ4n) is 2.42. The van der Waals surface area contributed by atoms with Crippen molar-refractivity contribution in [1.82, 2.24) is 4.98 Å². The molecule has 1 unspecified atom stereocenters. The van der Waals surface area contributed by atoms with Gasteiger partial charge in [-0.15, -0.1) is 0 Å². The monoisotopic (exact) mass is 242 g/mol. The van der Waals surface area contributed by atoms with Gasteiger partial charge in [0.25, 0.3) is 0 Å². The molecule has 3 nitrogen and oxygen atoms in total. The number of rotatable bonds is 3. The summed E-state index contributed by atoms with van der Waals surface area (Å²) in [4.78, 5) is 4.32. The van der Waals surface area contributed by atoms with E-state index >= 15 is 0 Å². The van der Waals surface area contributed by atoms with Crippen molar-refractivity contribution in [3.05, 3.63) is 36.5 Å². The Labute approximate surface area is 107 Å². The van der Waals surface area contributed by atoms with Crippen LogP contribution >= 0.6 is 0 Å². The molecular weight excluding hydrogens is 224 g/mol. The Kier molecular flexibility index (Phi) is 3.42. The van der Waals surface area contributed by atoms with Gasteiger partial charge < -0.3 is 10.1 Å². The highest BCUT2D eigenvalue weighted by Gasteiger charge is 2.13. The molecule has 1 fully saturated rings. The van der Waals surface area contributed by atoms with E-state index in [0.717, 1.165) is 25.3 Å². The third-order valence-electron chi connectivity index (χ3n) is 3.45. The summed E-state index contributed by atoms with van der Waals surface area (Å²) >= 11 is 0. The van der Waals surface area contributed by atoms with Crippen molar-refractivity contribution in [3.8, 4) is 0 Å².